The Morgan fingerprint density at radius 1 is 1.26 bits per heavy atom. The maximum Gasteiger partial charge on any atom is 0.270 e. The molecule has 3 amide bonds. The highest BCUT2D eigenvalue weighted by atomic mass is 16.5. The Kier molecular flexibility index (Phi) is 8.04. The molecule has 1 aromatic rings. The van der Waals surface area contributed by atoms with Gasteiger partial charge in [0, 0.05) is 25.6 Å². The molecule has 1 atom stereocenters. The predicted molar refractivity (Wildman–Crippen MR) is 92.9 cm³/mol. The maximum atomic E-state index is 12.2. The van der Waals surface area contributed by atoms with Gasteiger partial charge in [-0.25, -0.2) is 4.98 Å². The zero-order chi connectivity index (χ0) is 19.6. The molecule has 0 radical (unpaired) electrons. The lowest BCUT2D eigenvalue weighted by Crippen LogP contribution is -2.44. The lowest BCUT2D eigenvalue weighted by atomic mass is 10.1. The average Bonchev–Trinajstić information content (AvgIpc) is 2.64. The van der Waals surface area contributed by atoms with E-state index in [2.05, 4.69) is 15.6 Å². The van der Waals surface area contributed by atoms with Gasteiger partial charge >= 0.3 is 0 Å². The van der Waals surface area contributed by atoms with Crippen LogP contribution in [-0.4, -0.2) is 66.8 Å². The van der Waals surface area contributed by atoms with E-state index >= 15 is 0 Å². The van der Waals surface area contributed by atoms with Gasteiger partial charge in [0.1, 0.15) is 11.7 Å². The number of carbonyl (C=O) groups excluding carboxylic acids is 3. The number of hydrogen-bond acceptors (Lipinski definition) is 8. The zero-order valence-electron chi connectivity index (χ0n) is 14.8. The Morgan fingerprint density at radius 3 is 2.67 bits per heavy atom. The number of hydrogen-bond donors (Lipinski definition) is 3. The van der Waals surface area contributed by atoms with Crippen LogP contribution in [0.15, 0.2) is 17.2 Å². The standard InChI is InChI=1S/C16H23N5O6/c17-3-5-26-7-8-27-6-4-18-15(24)11-9-14(23)21(10-19-11)12-1-2-13(22)20-16(12)25/h9-10,12H,1-8,17H2,(H,18,24)(H,20,22,25). The van der Waals surface area contributed by atoms with E-state index in [1.807, 2.05) is 0 Å². The van der Waals surface area contributed by atoms with Crippen molar-refractivity contribution in [3.05, 3.63) is 28.4 Å². The molecular formula is C16H23N5O6. The van der Waals surface area contributed by atoms with Crippen LogP contribution in [0.5, 0.6) is 0 Å². The number of ether oxygens (including phenoxy) is 2. The molecule has 1 aliphatic heterocycles. The summed E-state index contributed by atoms with van der Waals surface area (Å²) in [5, 5.41) is 4.76. The number of amides is 3. The van der Waals surface area contributed by atoms with Crippen LogP contribution in [0.4, 0.5) is 0 Å². The monoisotopic (exact) mass is 381 g/mol. The Hall–Kier alpha value is -2.63. The quantitative estimate of drug-likeness (QED) is 0.309. The number of nitrogens with zero attached hydrogens (tertiary/aromatic N) is 2. The molecule has 148 valence electrons. The Morgan fingerprint density at radius 2 is 2.00 bits per heavy atom. The molecule has 1 unspecified atom stereocenters. The molecule has 0 bridgehead atoms. The van der Waals surface area contributed by atoms with Crippen molar-refractivity contribution in [1.82, 2.24) is 20.2 Å². The fourth-order valence-corrected chi connectivity index (χ4v) is 2.45. The SMILES string of the molecule is NCCOCCOCCNC(=O)c1cc(=O)n(C2CCC(=O)NC2=O)cn1. The molecule has 11 nitrogen and oxygen atoms in total. The van der Waals surface area contributed by atoms with Gasteiger partial charge in [0.05, 0.1) is 32.8 Å². The molecule has 0 spiro atoms. The minimum atomic E-state index is -0.810. The van der Waals surface area contributed by atoms with Gasteiger partial charge in [-0.2, -0.15) is 0 Å². The minimum absolute atomic E-state index is 0.0603. The maximum absolute atomic E-state index is 12.2. The van der Waals surface area contributed by atoms with Crippen LogP contribution in [0.1, 0.15) is 29.4 Å². The minimum Gasteiger partial charge on any atom is -0.378 e. The third kappa shape index (κ3) is 6.24. The highest BCUT2D eigenvalue weighted by Crippen LogP contribution is 2.15. The first-order chi connectivity index (χ1) is 13.0. The summed E-state index contributed by atoms with van der Waals surface area (Å²) in [6, 6.07) is 0.246. The van der Waals surface area contributed by atoms with E-state index in [0.717, 1.165) is 17.0 Å². The Labute approximate surface area is 155 Å². The summed E-state index contributed by atoms with van der Waals surface area (Å²) in [5.74, 6) is -1.45. The zero-order valence-corrected chi connectivity index (χ0v) is 14.8. The molecule has 4 N–H and O–H groups in total. The fraction of sp³-hybridized carbons (Fsp3) is 0.562. The van der Waals surface area contributed by atoms with E-state index < -0.39 is 23.4 Å². The predicted octanol–water partition coefficient (Wildman–Crippen LogP) is -2.06. The summed E-state index contributed by atoms with van der Waals surface area (Å²) in [7, 11) is 0. The third-order valence-corrected chi connectivity index (χ3v) is 3.78. The molecule has 1 saturated heterocycles. The van der Waals surface area contributed by atoms with Crippen molar-refractivity contribution in [2.45, 2.75) is 18.9 Å². The smallest absolute Gasteiger partial charge is 0.270 e. The van der Waals surface area contributed by atoms with E-state index in [0.29, 0.717) is 26.4 Å². The number of nitrogens with two attached hydrogens (primary N) is 1. The summed E-state index contributed by atoms with van der Waals surface area (Å²) in [5.41, 5.74) is 4.67. The lowest BCUT2D eigenvalue weighted by molar-refractivity contribution is -0.135. The molecule has 0 aliphatic carbocycles. The van der Waals surface area contributed by atoms with Gasteiger partial charge in [-0.1, -0.05) is 0 Å². The van der Waals surface area contributed by atoms with Gasteiger partial charge in [0.25, 0.3) is 11.5 Å². The Bertz CT molecular complexity index is 734. The van der Waals surface area contributed by atoms with Crippen LogP contribution in [0.25, 0.3) is 0 Å². The number of rotatable bonds is 10. The van der Waals surface area contributed by atoms with Crippen LogP contribution in [-0.2, 0) is 19.1 Å². The summed E-state index contributed by atoms with van der Waals surface area (Å²) < 4.78 is 11.5. The second kappa shape index (κ2) is 10.5. The summed E-state index contributed by atoms with van der Waals surface area (Å²) >= 11 is 0. The van der Waals surface area contributed by atoms with Crippen LogP contribution < -0.4 is 21.9 Å². The van der Waals surface area contributed by atoms with E-state index in [9.17, 15) is 19.2 Å². The van der Waals surface area contributed by atoms with Crippen molar-refractivity contribution < 1.29 is 23.9 Å². The lowest BCUT2D eigenvalue weighted by Gasteiger charge is -2.22. The number of piperidine rings is 1. The van der Waals surface area contributed by atoms with Crippen LogP contribution >= 0.6 is 0 Å². The van der Waals surface area contributed by atoms with Crippen LogP contribution in [0.3, 0.4) is 0 Å². The van der Waals surface area contributed by atoms with E-state index in [4.69, 9.17) is 15.2 Å². The first-order valence-corrected chi connectivity index (χ1v) is 8.58. The van der Waals surface area contributed by atoms with E-state index in [-0.39, 0.29) is 37.6 Å². The van der Waals surface area contributed by atoms with Crippen molar-refractivity contribution in [3.63, 3.8) is 0 Å². The molecule has 0 aromatic carbocycles. The summed E-state index contributed by atoms with van der Waals surface area (Å²) in [4.78, 5) is 51.2. The van der Waals surface area contributed by atoms with Crippen molar-refractivity contribution in [2.75, 3.05) is 39.5 Å². The highest BCUT2D eigenvalue weighted by molar-refractivity contribution is 5.99. The molecule has 27 heavy (non-hydrogen) atoms. The molecule has 1 fully saturated rings. The number of nitrogens with one attached hydrogen (secondary N) is 2. The first-order valence-electron chi connectivity index (χ1n) is 8.58. The molecule has 1 aliphatic rings. The van der Waals surface area contributed by atoms with Gasteiger partial charge in [0.15, 0.2) is 0 Å². The Balaban J connectivity index is 1.80. The largest absolute Gasteiger partial charge is 0.378 e. The molecule has 2 heterocycles. The van der Waals surface area contributed by atoms with Gasteiger partial charge < -0.3 is 20.5 Å². The van der Waals surface area contributed by atoms with Crippen LogP contribution in [0.2, 0.25) is 0 Å². The van der Waals surface area contributed by atoms with E-state index in [1.54, 1.807) is 0 Å². The normalized spacial score (nSPS) is 16.9. The topological polar surface area (TPSA) is 155 Å². The number of imide groups is 1. The van der Waals surface area contributed by atoms with Gasteiger partial charge in [-0.15, -0.1) is 0 Å². The highest BCUT2D eigenvalue weighted by Gasteiger charge is 2.28. The second-order valence-corrected chi connectivity index (χ2v) is 5.76. The third-order valence-electron chi connectivity index (χ3n) is 3.78. The van der Waals surface area contributed by atoms with Gasteiger partial charge in [0.2, 0.25) is 11.8 Å². The van der Waals surface area contributed by atoms with Gasteiger partial charge in [-0.3, -0.25) is 29.1 Å². The van der Waals surface area contributed by atoms with Crippen molar-refractivity contribution in [2.24, 2.45) is 5.73 Å². The van der Waals surface area contributed by atoms with E-state index in [1.165, 1.54) is 0 Å². The van der Waals surface area contributed by atoms with Crippen LogP contribution in [0, 0.1) is 0 Å². The van der Waals surface area contributed by atoms with Crippen molar-refractivity contribution in [3.8, 4) is 0 Å². The number of carbonyl (C=O) groups is 3. The molecule has 2 rings (SSSR count). The second-order valence-electron chi connectivity index (χ2n) is 5.76. The molecule has 11 heteroatoms. The van der Waals surface area contributed by atoms with Crippen molar-refractivity contribution in [1.29, 1.82) is 0 Å². The number of aromatic nitrogens is 2. The summed E-state index contributed by atoms with van der Waals surface area (Å²) in [6.45, 7) is 2.25. The van der Waals surface area contributed by atoms with Gasteiger partial charge in [-0.05, 0) is 6.42 Å². The summed E-state index contributed by atoms with van der Waals surface area (Å²) in [6.07, 6.45) is 1.50. The molecular weight excluding hydrogens is 358 g/mol. The molecule has 0 saturated carbocycles. The average molecular weight is 381 g/mol. The fourth-order valence-electron chi connectivity index (χ4n) is 2.45. The first kappa shape index (κ1) is 20.7. The van der Waals surface area contributed by atoms with Crippen molar-refractivity contribution >= 4 is 17.7 Å². The molecule has 1 aromatic heterocycles.